The molecule has 157 valence electrons. The van der Waals surface area contributed by atoms with Gasteiger partial charge >= 0.3 is 0 Å². The molecule has 0 saturated carbocycles. The van der Waals surface area contributed by atoms with Crippen molar-refractivity contribution in [3.05, 3.63) is 12.1 Å². The van der Waals surface area contributed by atoms with E-state index in [4.69, 9.17) is 9.47 Å². The first kappa shape index (κ1) is 26.9. The first-order valence-corrected chi connectivity index (χ1v) is 12.7. The Bertz CT molecular complexity index is 369. The van der Waals surface area contributed by atoms with Crippen LogP contribution in [0.3, 0.4) is 0 Å². The number of amides is 1. The topological polar surface area (TPSA) is 47.6 Å². The molecule has 0 aromatic carbocycles. The smallest absolute Gasteiger partial charge is 0.220 e. The highest BCUT2D eigenvalue weighted by molar-refractivity contribution is 8.76. The van der Waals surface area contributed by atoms with Crippen molar-refractivity contribution >= 4 is 34.8 Å². The van der Waals surface area contributed by atoms with Gasteiger partial charge in [0.05, 0.1) is 13.2 Å². The number of unbranched alkanes of at least 4 members (excludes halogenated alkanes) is 1. The van der Waals surface area contributed by atoms with E-state index in [1.54, 1.807) is 10.8 Å². The van der Waals surface area contributed by atoms with Crippen molar-refractivity contribution in [2.75, 3.05) is 38.1 Å². The normalized spacial score (nSPS) is 11.6. The number of carbonyl (C=O) groups is 1. The molecule has 0 unspecified atom stereocenters. The molecule has 0 rings (SSSR count). The van der Waals surface area contributed by atoms with Crippen LogP contribution in [0.15, 0.2) is 12.1 Å². The summed E-state index contributed by atoms with van der Waals surface area (Å²) >= 11 is 0. The van der Waals surface area contributed by atoms with Gasteiger partial charge in [-0.1, -0.05) is 67.6 Å². The Morgan fingerprint density at radius 2 is 1.89 bits per heavy atom. The molecule has 0 aromatic heterocycles. The molecule has 0 bridgehead atoms. The summed E-state index contributed by atoms with van der Waals surface area (Å²) in [6, 6.07) is 0. The molecule has 1 amide bonds. The number of ether oxygens (including phenoxy) is 2. The third-order valence-electron chi connectivity index (χ3n) is 3.58. The molecule has 0 aliphatic rings. The zero-order chi connectivity index (χ0) is 20.2. The van der Waals surface area contributed by atoms with E-state index in [-0.39, 0.29) is 5.91 Å². The second kappa shape index (κ2) is 20.6. The molecule has 0 aliphatic carbocycles. The van der Waals surface area contributed by atoms with Gasteiger partial charge in [0.25, 0.3) is 0 Å². The van der Waals surface area contributed by atoms with Gasteiger partial charge in [-0.3, -0.25) is 4.79 Å². The molecule has 0 atom stereocenters. The number of hydrogen-bond acceptors (Lipinski definition) is 5. The molecule has 1 radical (unpaired) electrons. The van der Waals surface area contributed by atoms with E-state index < -0.39 is 0 Å². The van der Waals surface area contributed by atoms with Gasteiger partial charge in [0.15, 0.2) is 0 Å². The van der Waals surface area contributed by atoms with Crippen LogP contribution < -0.4 is 5.32 Å². The van der Waals surface area contributed by atoms with E-state index in [2.05, 4.69) is 40.3 Å². The van der Waals surface area contributed by atoms with Crippen molar-refractivity contribution in [3.63, 3.8) is 0 Å². The minimum absolute atomic E-state index is 0.0948. The van der Waals surface area contributed by atoms with Gasteiger partial charge in [-0.25, -0.2) is 0 Å². The number of rotatable bonds is 19. The molecule has 0 fully saturated rings. The van der Waals surface area contributed by atoms with Gasteiger partial charge in [0.1, 0.15) is 13.2 Å². The Labute approximate surface area is 176 Å². The third kappa shape index (κ3) is 23.9. The molecule has 0 heterocycles. The van der Waals surface area contributed by atoms with E-state index in [9.17, 15) is 4.79 Å². The largest absolute Gasteiger partial charge is 0.376 e. The summed E-state index contributed by atoms with van der Waals surface area (Å²) in [5.41, 5.74) is 0. The lowest BCUT2D eigenvalue weighted by Gasteiger charge is -2.06. The lowest BCUT2D eigenvalue weighted by atomic mass is 9.66. The van der Waals surface area contributed by atoms with E-state index in [0.29, 0.717) is 32.0 Å². The minimum Gasteiger partial charge on any atom is -0.376 e. The summed E-state index contributed by atoms with van der Waals surface area (Å²) in [6.07, 6.45) is 6.93. The van der Waals surface area contributed by atoms with Gasteiger partial charge in [-0.2, -0.15) is 0 Å². The average molecular weight is 416 g/mol. The predicted octanol–water partition coefficient (Wildman–Crippen LogP) is 5.13. The summed E-state index contributed by atoms with van der Waals surface area (Å²) in [7, 11) is 5.80. The fourth-order valence-corrected chi connectivity index (χ4v) is 3.86. The predicted molar refractivity (Wildman–Crippen MR) is 123 cm³/mol. The van der Waals surface area contributed by atoms with Crippen LogP contribution in [-0.2, 0) is 14.3 Å². The van der Waals surface area contributed by atoms with Crippen molar-refractivity contribution in [2.24, 2.45) is 5.92 Å². The quantitative estimate of drug-likeness (QED) is 0.137. The Hall–Kier alpha value is -0.105. The van der Waals surface area contributed by atoms with Crippen LogP contribution in [0.4, 0.5) is 0 Å². The zero-order valence-corrected chi connectivity index (χ0v) is 19.3. The third-order valence-corrected chi connectivity index (χ3v) is 5.75. The second-order valence-electron chi connectivity index (χ2n) is 7.25. The number of carbonyl (C=O) groups excluding carboxylic acids is 1. The van der Waals surface area contributed by atoms with E-state index in [1.165, 1.54) is 18.6 Å². The highest BCUT2D eigenvalue weighted by Gasteiger charge is 2.01. The molecule has 0 aromatic rings. The summed E-state index contributed by atoms with van der Waals surface area (Å²) in [5.74, 6) is 5.41. The minimum atomic E-state index is 0.0948. The van der Waals surface area contributed by atoms with Crippen LogP contribution in [0.2, 0.25) is 5.82 Å². The van der Waals surface area contributed by atoms with E-state index in [0.717, 1.165) is 31.3 Å². The van der Waals surface area contributed by atoms with Gasteiger partial charge in [0, 0.05) is 25.3 Å². The van der Waals surface area contributed by atoms with Crippen molar-refractivity contribution < 1.29 is 14.3 Å². The fourth-order valence-electron chi connectivity index (χ4n) is 2.08. The number of nitrogens with one attached hydrogen (secondary N) is 1. The standard InChI is InChI=1S/C20H39BNO3S2/c1-18(2)9-7-16-26-27-17-25-13-6-5-10-20(23)22-12-15-24-14-8-11-21-19(3)4/h8,11,18-19H,5-7,9-10,12-17H2,1-4H3,(H,22,23)/b11-8+. The van der Waals surface area contributed by atoms with Crippen molar-refractivity contribution in [3.8, 4) is 0 Å². The first-order chi connectivity index (χ1) is 13.0. The van der Waals surface area contributed by atoms with Crippen LogP contribution in [0, 0.1) is 5.92 Å². The average Bonchev–Trinajstić information content (AvgIpc) is 2.61. The highest BCUT2D eigenvalue weighted by atomic mass is 33.1. The van der Waals surface area contributed by atoms with E-state index in [1.807, 2.05) is 22.8 Å². The molecule has 1 N–H and O–H groups in total. The van der Waals surface area contributed by atoms with Crippen LogP contribution in [0.1, 0.15) is 59.8 Å². The molecular formula is C20H39BNO3S2. The lowest BCUT2D eigenvalue weighted by Crippen LogP contribution is -2.27. The van der Waals surface area contributed by atoms with Crippen molar-refractivity contribution in [1.82, 2.24) is 5.32 Å². The molecule has 0 saturated heterocycles. The Balaban J connectivity index is 3.23. The fraction of sp³-hybridized carbons (Fsp3) is 0.850. The molecule has 4 nitrogen and oxygen atoms in total. The van der Waals surface area contributed by atoms with Crippen molar-refractivity contribution in [2.45, 2.75) is 65.6 Å². The van der Waals surface area contributed by atoms with Gasteiger partial charge in [0.2, 0.25) is 5.91 Å². The summed E-state index contributed by atoms with van der Waals surface area (Å²) in [4.78, 5) is 11.7. The Kier molecular flexibility index (Phi) is 20.5. The summed E-state index contributed by atoms with van der Waals surface area (Å²) < 4.78 is 11.0. The molecule has 27 heavy (non-hydrogen) atoms. The number of hydrogen-bond donors (Lipinski definition) is 1. The van der Waals surface area contributed by atoms with Gasteiger partial charge in [-0.15, -0.1) is 5.98 Å². The van der Waals surface area contributed by atoms with Gasteiger partial charge in [-0.05, 0) is 25.2 Å². The highest BCUT2D eigenvalue weighted by Crippen LogP contribution is 2.23. The molecule has 0 aliphatic heterocycles. The monoisotopic (exact) mass is 416 g/mol. The molecule has 7 heteroatoms. The zero-order valence-electron chi connectivity index (χ0n) is 17.7. The first-order valence-electron chi connectivity index (χ1n) is 10.2. The maximum absolute atomic E-state index is 11.7. The maximum atomic E-state index is 11.7. The van der Waals surface area contributed by atoms with Crippen LogP contribution in [0.5, 0.6) is 0 Å². The Morgan fingerprint density at radius 1 is 1.07 bits per heavy atom. The Morgan fingerprint density at radius 3 is 2.63 bits per heavy atom. The summed E-state index contributed by atoms with van der Waals surface area (Å²) in [6.45, 7) is 11.2. The molecule has 0 spiro atoms. The SMILES string of the molecule is CC(C)[B]/C=C/COCCNC(=O)CCCCOCSSCCCC(C)C. The molecular weight excluding hydrogens is 377 g/mol. The van der Waals surface area contributed by atoms with Crippen LogP contribution in [0.25, 0.3) is 0 Å². The van der Waals surface area contributed by atoms with E-state index >= 15 is 0 Å². The maximum Gasteiger partial charge on any atom is 0.220 e. The van der Waals surface area contributed by atoms with Crippen LogP contribution in [-0.4, -0.2) is 51.2 Å². The van der Waals surface area contributed by atoms with Gasteiger partial charge < -0.3 is 14.8 Å². The lowest BCUT2D eigenvalue weighted by molar-refractivity contribution is -0.121. The second-order valence-corrected chi connectivity index (χ2v) is 9.78. The summed E-state index contributed by atoms with van der Waals surface area (Å²) in [5, 5.41) is 2.89. The van der Waals surface area contributed by atoms with Crippen molar-refractivity contribution in [1.29, 1.82) is 0 Å². The van der Waals surface area contributed by atoms with Crippen LogP contribution >= 0.6 is 21.6 Å².